The van der Waals surface area contributed by atoms with Gasteiger partial charge in [0.1, 0.15) is 12.1 Å². The molecule has 2 fully saturated rings. The lowest BCUT2D eigenvalue weighted by molar-refractivity contribution is -0.140. The van der Waals surface area contributed by atoms with Gasteiger partial charge in [0.15, 0.2) is 0 Å². The van der Waals surface area contributed by atoms with Crippen LogP contribution in [0.1, 0.15) is 38.7 Å². The van der Waals surface area contributed by atoms with E-state index in [4.69, 9.17) is 11.6 Å². The predicted molar refractivity (Wildman–Crippen MR) is 94.1 cm³/mol. The Bertz CT molecular complexity index is 723. The molecule has 1 aromatic rings. The molecule has 134 valence electrons. The number of imide groups is 1. The molecule has 7 heteroatoms. The van der Waals surface area contributed by atoms with Crippen molar-refractivity contribution in [3.8, 4) is 0 Å². The fourth-order valence-electron chi connectivity index (χ4n) is 3.58. The summed E-state index contributed by atoms with van der Waals surface area (Å²) < 4.78 is 0. The van der Waals surface area contributed by atoms with Crippen molar-refractivity contribution in [3.05, 3.63) is 34.9 Å². The van der Waals surface area contributed by atoms with Crippen LogP contribution in [0.15, 0.2) is 24.3 Å². The van der Waals surface area contributed by atoms with Crippen LogP contribution in [0.5, 0.6) is 0 Å². The molecule has 0 unspecified atom stereocenters. The van der Waals surface area contributed by atoms with E-state index >= 15 is 0 Å². The molecule has 1 N–H and O–H groups in total. The lowest BCUT2D eigenvalue weighted by Crippen LogP contribution is -2.48. The molecule has 2 heterocycles. The molecular weight excluding hydrogens is 342 g/mol. The largest absolute Gasteiger partial charge is 0.338 e. The van der Waals surface area contributed by atoms with E-state index < -0.39 is 17.5 Å². The van der Waals surface area contributed by atoms with Crippen LogP contribution in [0.2, 0.25) is 5.02 Å². The van der Waals surface area contributed by atoms with E-state index in [9.17, 15) is 14.4 Å². The Hall–Kier alpha value is -2.08. The van der Waals surface area contributed by atoms with Gasteiger partial charge < -0.3 is 10.2 Å². The average molecular weight is 364 g/mol. The lowest BCUT2D eigenvalue weighted by Gasteiger charge is -2.34. The van der Waals surface area contributed by atoms with E-state index in [1.807, 2.05) is 6.92 Å². The molecule has 0 aliphatic carbocycles. The molecule has 25 heavy (non-hydrogen) atoms. The van der Waals surface area contributed by atoms with Crippen LogP contribution < -0.4 is 5.32 Å². The van der Waals surface area contributed by atoms with Crippen molar-refractivity contribution in [2.75, 3.05) is 13.1 Å². The number of likely N-dealkylation sites (tertiary alicyclic amines) is 1. The maximum absolute atomic E-state index is 12.9. The summed E-state index contributed by atoms with van der Waals surface area (Å²) in [5, 5.41) is 3.09. The second-order valence-corrected chi connectivity index (χ2v) is 7.27. The molecule has 6 nitrogen and oxygen atoms in total. The standard InChI is InChI=1S/C18H22ClN3O3/c1-12-7-5-6-10-21(12)15(23)11-22-16(24)18(2,20-17(22)25)13-8-3-4-9-14(13)19/h3-4,8-9,12H,5-7,10-11H2,1-2H3,(H,20,25)/t12-,18+/m0/s1. The summed E-state index contributed by atoms with van der Waals surface area (Å²) in [5.74, 6) is -0.650. The first-order valence-corrected chi connectivity index (χ1v) is 8.91. The molecule has 0 bridgehead atoms. The minimum absolute atomic E-state index is 0.136. The van der Waals surface area contributed by atoms with Crippen molar-refractivity contribution in [1.29, 1.82) is 0 Å². The number of hydrogen-bond donors (Lipinski definition) is 1. The van der Waals surface area contributed by atoms with Gasteiger partial charge in [-0.15, -0.1) is 0 Å². The second kappa shape index (κ2) is 6.67. The molecule has 2 saturated heterocycles. The van der Waals surface area contributed by atoms with E-state index in [0.29, 0.717) is 17.1 Å². The molecule has 0 aromatic heterocycles. The highest BCUT2D eigenvalue weighted by molar-refractivity contribution is 6.32. The number of carbonyl (C=O) groups is 3. The van der Waals surface area contributed by atoms with Crippen LogP contribution in [-0.2, 0) is 15.1 Å². The van der Waals surface area contributed by atoms with E-state index in [1.165, 1.54) is 0 Å². The van der Waals surface area contributed by atoms with Gasteiger partial charge in [-0.05, 0) is 39.2 Å². The second-order valence-electron chi connectivity index (χ2n) is 6.86. The molecule has 2 aliphatic rings. The molecule has 2 atom stereocenters. The highest BCUT2D eigenvalue weighted by Gasteiger charge is 2.50. The molecule has 0 spiro atoms. The van der Waals surface area contributed by atoms with Gasteiger partial charge in [-0.3, -0.25) is 14.5 Å². The number of hydrogen-bond acceptors (Lipinski definition) is 3. The normalized spacial score (nSPS) is 26.8. The van der Waals surface area contributed by atoms with Crippen LogP contribution in [-0.4, -0.2) is 46.8 Å². The summed E-state index contributed by atoms with van der Waals surface area (Å²) >= 11 is 6.20. The van der Waals surface area contributed by atoms with Gasteiger partial charge in [0, 0.05) is 23.2 Å². The smallest absolute Gasteiger partial charge is 0.325 e. The Morgan fingerprint density at radius 3 is 2.72 bits per heavy atom. The number of carbonyl (C=O) groups excluding carboxylic acids is 3. The minimum Gasteiger partial charge on any atom is -0.338 e. The minimum atomic E-state index is -1.26. The first-order valence-electron chi connectivity index (χ1n) is 8.53. The topological polar surface area (TPSA) is 69.7 Å². The number of urea groups is 1. The van der Waals surface area contributed by atoms with Crippen molar-refractivity contribution in [2.24, 2.45) is 0 Å². The van der Waals surface area contributed by atoms with Crippen LogP contribution in [0.25, 0.3) is 0 Å². The van der Waals surface area contributed by atoms with Gasteiger partial charge in [0.25, 0.3) is 5.91 Å². The lowest BCUT2D eigenvalue weighted by atomic mass is 9.92. The molecule has 0 saturated carbocycles. The van der Waals surface area contributed by atoms with Gasteiger partial charge in [-0.1, -0.05) is 29.8 Å². The van der Waals surface area contributed by atoms with Gasteiger partial charge in [-0.2, -0.15) is 0 Å². The Balaban J connectivity index is 1.80. The van der Waals surface area contributed by atoms with Gasteiger partial charge >= 0.3 is 6.03 Å². The highest BCUT2D eigenvalue weighted by Crippen LogP contribution is 2.33. The predicted octanol–water partition coefficient (Wildman–Crippen LogP) is 2.51. The van der Waals surface area contributed by atoms with E-state index in [2.05, 4.69) is 5.32 Å². The third kappa shape index (κ3) is 3.11. The monoisotopic (exact) mass is 363 g/mol. The number of rotatable bonds is 3. The van der Waals surface area contributed by atoms with E-state index in [-0.39, 0.29) is 18.5 Å². The molecule has 2 aliphatic heterocycles. The Kier molecular flexibility index (Phi) is 4.73. The fraction of sp³-hybridized carbons (Fsp3) is 0.500. The quantitative estimate of drug-likeness (QED) is 0.839. The number of piperidine rings is 1. The molecular formula is C18H22ClN3O3. The zero-order valence-corrected chi connectivity index (χ0v) is 15.2. The number of benzene rings is 1. The van der Waals surface area contributed by atoms with Gasteiger partial charge in [0.05, 0.1) is 0 Å². The molecule has 1 aromatic carbocycles. The number of nitrogens with zero attached hydrogens (tertiary/aromatic N) is 2. The Morgan fingerprint density at radius 2 is 2.04 bits per heavy atom. The van der Waals surface area contributed by atoms with Crippen molar-refractivity contribution >= 4 is 29.4 Å². The summed E-state index contributed by atoms with van der Waals surface area (Å²) in [6.07, 6.45) is 3.00. The maximum atomic E-state index is 12.9. The zero-order valence-electron chi connectivity index (χ0n) is 14.4. The average Bonchev–Trinajstić information content (AvgIpc) is 2.79. The third-order valence-electron chi connectivity index (χ3n) is 5.10. The summed E-state index contributed by atoms with van der Waals surface area (Å²) in [7, 11) is 0. The number of amides is 4. The van der Waals surface area contributed by atoms with Gasteiger partial charge in [0.2, 0.25) is 5.91 Å². The van der Waals surface area contributed by atoms with Crippen LogP contribution in [0.3, 0.4) is 0 Å². The summed E-state index contributed by atoms with van der Waals surface area (Å²) in [4.78, 5) is 40.6. The summed E-state index contributed by atoms with van der Waals surface area (Å²) in [6, 6.07) is 6.47. The first kappa shape index (κ1) is 17.7. The third-order valence-corrected chi connectivity index (χ3v) is 5.43. The fourth-order valence-corrected chi connectivity index (χ4v) is 3.91. The van der Waals surface area contributed by atoms with Crippen molar-refractivity contribution in [1.82, 2.24) is 15.1 Å². The number of halogens is 1. The molecule has 0 radical (unpaired) electrons. The Labute approximate surface area is 152 Å². The highest BCUT2D eigenvalue weighted by atomic mass is 35.5. The van der Waals surface area contributed by atoms with E-state index in [1.54, 1.807) is 36.1 Å². The van der Waals surface area contributed by atoms with Crippen molar-refractivity contribution in [3.63, 3.8) is 0 Å². The SMILES string of the molecule is C[C@H]1CCCCN1C(=O)CN1C(=O)N[C@](C)(c2ccccc2Cl)C1=O. The van der Waals surface area contributed by atoms with Crippen LogP contribution in [0.4, 0.5) is 4.79 Å². The van der Waals surface area contributed by atoms with Crippen LogP contribution >= 0.6 is 11.6 Å². The maximum Gasteiger partial charge on any atom is 0.325 e. The van der Waals surface area contributed by atoms with Gasteiger partial charge in [-0.25, -0.2) is 4.79 Å². The first-order chi connectivity index (χ1) is 11.8. The molecule has 4 amide bonds. The van der Waals surface area contributed by atoms with E-state index in [0.717, 1.165) is 24.2 Å². The Morgan fingerprint density at radius 1 is 1.32 bits per heavy atom. The van der Waals surface area contributed by atoms with Crippen molar-refractivity contribution < 1.29 is 14.4 Å². The van der Waals surface area contributed by atoms with Crippen LogP contribution in [0, 0.1) is 0 Å². The summed E-state index contributed by atoms with van der Waals surface area (Å²) in [5.41, 5.74) is -0.736. The number of nitrogens with one attached hydrogen (secondary N) is 1. The van der Waals surface area contributed by atoms with Crippen molar-refractivity contribution in [2.45, 2.75) is 44.7 Å². The molecule has 3 rings (SSSR count). The zero-order chi connectivity index (χ0) is 18.2. The summed E-state index contributed by atoms with van der Waals surface area (Å²) in [6.45, 7) is 4.04.